The van der Waals surface area contributed by atoms with Gasteiger partial charge in [-0.1, -0.05) is 71.6 Å². The van der Waals surface area contributed by atoms with Crippen LogP contribution in [0.3, 0.4) is 0 Å². The number of unbranched alkanes of at least 4 members (excludes halogenated alkanes) is 9. The lowest BCUT2D eigenvalue weighted by atomic mass is 9.86. The van der Waals surface area contributed by atoms with Gasteiger partial charge >= 0.3 is 11.9 Å². The predicted molar refractivity (Wildman–Crippen MR) is 202 cm³/mol. The normalized spacial score (nSPS) is 13.7. The zero-order valence-electron chi connectivity index (χ0n) is 29.9. The fraction of sp³-hybridized carbons (Fsp3) is 0.436. The molecule has 0 N–H and O–H groups in total. The van der Waals surface area contributed by atoms with E-state index >= 15 is 0 Å². The molecule has 0 saturated heterocycles. The molecule has 0 fully saturated rings. The maximum atomic E-state index is 13.9. The average Bonchev–Trinajstić information content (AvgIpc) is 3.80. The van der Waals surface area contributed by atoms with E-state index in [0.717, 1.165) is 83.8 Å². The van der Waals surface area contributed by atoms with Crippen LogP contribution < -0.4 is 9.80 Å². The summed E-state index contributed by atoms with van der Waals surface area (Å²) >= 11 is 2.12. The molecule has 4 heterocycles. The molecule has 14 heteroatoms. The topological polar surface area (TPSA) is 153 Å². The Kier molecular flexibility index (Phi) is 12.4. The van der Waals surface area contributed by atoms with E-state index in [1.807, 2.05) is 0 Å². The Hall–Kier alpha value is -4.82. The van der Waals surface area contributed by atoms with Gasteiger partial charge in [-0.15, -0.1) is 22.7 Å². The lowest BCUT2D eigenvalue weighted by molar-refractivity contribution is -0.144. The van der Waals surface area contributed by atoms with Crippen LogP contribution in [0.2, 0.25) is 0 Å². The Labute approximate surface area is 315 Å². The quantitative estimate of drug-likeness (QED) is 0.0525. The summed E-state index contributed by atoms with van der Waals surface area (Å²) in [6, 6.07) is 5.88. The van der Waals surface area contributed by atoms with Crippen LogP contribution in [0.25, 0.3) is 10.8 Å². The van der Waals surface area contributed by atoms with Crippen molar-refractivity contribution < 1.29 is 38.2 Å². The lowest BCUT2D eigenvalue weighted by Crippen LogP contribution is -2.43. The van der Waals surface area contributed by atoms with Gasteiger partial charge in [0.1, 0.15) is 0 Å². The van der Waals surface area contributed by atoms with Gasteiger partial charge in [0.05, 0.1) is 37.4 Å². The molecular weight excluding hydrogens is 717 g/mol. The third kappa shape index (κ3) is 8.23. The van der Waals surface area contributed by atoms with Gasteiger partial charge in [0.15, 0.2) is 10.3 Å². The number of hydrogen-bond acceptors (Lipinski definition) is 12. The summed E-state index contributed by atoms with van der Waals surface area (Å²) in [5, 5.41) is 3.88. The highest BCUT2D eigenvalue weighted by Crippen LogP contribution is 2.41. The van der Waals surface area contributed by atoms with Crippen LogP contribution in [0.15, 0.2) is 35.0 Å². The number of carbonyl (C=O) groups is 6. The third-order valence-corrected chi connectivity index (χ3v) is 11.0. The molecule has 0 bridgehead atoms. The van der Waals surface area contributed by atoms with Crippen LogP contribution in [0.4, 0.5) is 10.3 Å². The molecule has 6 rings (SSSR count). The number of aromatic nitrogens is 2. The Morgan fingerprint density at radius 2 is 0.887 bits per heavy atom. The van der Waals surface area contributed by atoms with Crippen molar-refractivity contribution in [3.8, 4) is 0 Å². The molecule has 2 aromatic carbocycles. The fourth-order valence-electron chi connectivity index (χ4n) is 6.54. The lowest BCUT2D eigenvalue weighted by Gasteiger charge is -2.30. The van der Waals surface area contributed by atoms with Gasteiger partial charge in [-0.3, -0.25) is 28.8 Å². The second kappa shape index (κ2) is 17.3. The standard InChI is InChI=1S/C39H42N4O8S2/c1-3-5-7-9-11-13-19-51-31(45)21-25-23-53-39(41-25)43-36(48)28-16-14-26-32-27(15-17-29(33(28)32)37(43)49)35(47)42(34(26)46)38-40-24(22-52-38)20-30(44)50-18-12-10-8-6-4-2/h14-17,22-23H,3-13,18-21H2,1-2H3. The molecule has 2 aliphatic rings. The summed E-state index contributed by atoms with van der Waals surface area (Å²) in [5.74, 6) is -3.49. The summed E-state index contributed by atoms with van der Waals surface area (Å²) in [7, 11) is 0. The maximum Gasteiger partial charge on any atom is 0.311 e. The Morgan fingerprint density at radius 1 is 0.547 bits per heavy atom. The van der Waals surface area contributed by atoms with Gasteiger partial charge in [-0.05, 0) is 37.1 Å². The summed E-state index contributed by atoms with van der Waals surface area (Å²) < 4.78 is 10.7. The number of rotatable bonds is 19. The summed E-state index contributed by atoms with van der Waals surface area (Å²) in [6.45, 7) is 4.96. The number of carbonyl (C=O) groups excluding carboxylic acids is 6. The first-order valence-electron chi connectivity index (χ1n) is 18.3. The minimum atomic E-state index is -0.656. The van der Waals surface area contributed by atoms with Gasteiger partial charge in [0.2, 0.25) is 0 Å². The SMILES string of the molecule is CCCCCCCCOC(=O)Cc1csc(N2C(=O)c3ccc4c5c(ccc(c35)C2=O)C(=O)N(c2nc(CC(=O)OCCCCCCC)cs2)C4=O)n1. The van der Waals surface area contributed by atoms with Crippen LogP contribution in [0, 0.1) is 0 Å². The van der Waals surface area contributed by atoms with E-state index in [1.54, 1.807) is 10.8 Å². The minimum absolute atomic E-state index is 0.0912. The predicted octanol–water partition coefficient (Wildman–Crippen LogP) is 7.86. The number of esters is 2. The van der Waals surface area contributed by atoms with Crippen molar-refractivity contribution in [2.75, 3.05) is 23.0 Å². The first-order valence-corrected chi connectivity index (χ1v) is 20.1. The molecule has 4 aromatic rings. The zero-order chi connectivity index (χ0) is 37.5. The van der Waals surface area contributed by atoms with Crippen molar-refractivity contribution in [3.05, 3.63) is 68.7 Å². The van der Waals surface area contributed by atoms with E-state index in [-0.39, 0.29) is 56.1 Å². The molecule has 0 atom stereocenters. The van der Waals surface area contributed by atoms with Crippen molar-refractivity contribution in [1.29, 1.82) is 0 Å². The number of nitrogens with zero attached hydrogens (tertiary/aromatic N) is 4. The zero-order valence-corrected chi connectivity index (χ0v) is 31.6. The van der Waals surface area contributed by atoms with E-state index in [4.69, 9.17) is 9.47 Å². The molecule has 0 saturated carbocycles. The summed E-state index contributed by atoms with van der Waals surface area (Å²) in [4.78, 5) is 91.0. The number of imide groups is 2. The maximum absolute atomic E-state index is 13.9. The number of ether oxygens (including phenoxy) is 2. The highest BCUT2D eigenvalue weighted by molar-refractivity contribution is 7.14. The van der Waals surface area contributed by atoms with E-state index in [1.165, 1.54) is 43.5 Å². The van der Waals surface area contributed by atoms with Crippen molar-refractivity contribution in [2.24, 2.45) is 0 Å². The Balaban J connectivity index is 1.14. The van der Waals surface area contributed by atoms with Crippen molar-refractivity contribution in [3.63, 3.8) is 0 Å². The number of thiazole rings is 2. The third-order valence-electron chi connectivity index (χ3n) is 9.28. The summed E-state index contributed by atoms with van der Waals surface area (Å²) in [5.41, 5.74) is 1.33. The highest BCUT2D eigenvalue weighted by atomic mass is 32.1. The van der Waals surface area contributed by atoms with Crippen LogP contribution in [-0.2, 0) is 31.9 Å². The first-order chi connectivity index (χ1) is 25.7. The molecule has 0 radical (unpaired) electrons. The Morgan fingerprint density at radius 3 is 1.25 bits per heavy atom. The summed E-state index contributed by atoms with van der Waals surface area (Å²) in [6.07, 6.45) is 11.4. The molecule has 53 heavy (non-hydrogen) atoms. The monoisotopic (exact) mass is 758 g/mol. The largest absolute Gasteiger partial charge is 0.465 e. The van der Waals surface area contributed by atoms with E-state index in [9.17, 15) is 28.8 Å². The molecule has 12 nitrogen and oxygen atoms in total. The van der Waals surface area contributed by atoms with E-state index < -0.39 is 35.6 Å². The second-order valence-electron chi connectivity index (χ2n) is 13.2. The van der Waals surface area contributed by atoms with Gasteiger partial charge in [0, 0.05) is 43.8 Å². The van der Waals surface area contributed by atoms with Gasteiger partial charge in [-0.2, -0.15) is 0 Å². The first kappa shape index (κ1) is 37.9. The number of benzene rings is 2. The van der Waals surface area contributed by atoms with E-state index in [2.05, 4.69) is 23.8 Å². The van der Waals surface area contributed by atoms with Crippen molar-refractivity contribution >= 4 is 79.3 Å². The van der Waals surface area contributed by atoms with Crippen molar-refractivity contribution in [2.45, 2.75) is 97.3 Å². The van der Waals surface area contributed by atoms with Crippen molar-refractivity contribution in [1.82, 2.24) is 9.97 Å². The Bertz CT molecular complexity index is 1980. The van der Waals surface area contributed by atoms with Crippen LogP contribution in [0.5, 0.6) is 0 Å². The fourth-order valence-corrected chi connectivity index (χ4v) is 8.18. The van der Waals surface area contributed by atoms with Gasteiger partial charge < -0.3 is 9.47 Å². The van der Waals surface area contributed by atoms with Crippen LogP contribution >= 0.6 is 22.7 Å². The number of anilines is 2. The van der Waals surface area contributed by atoms with Crippen LogP contribution in [0.1, 0.15) is 137 Å². The molecule has 4 amide bonds. The van der Waals surface area contributed by atoms with Crippen LogP contribution in [-0.4, -0.2) is 58.7 Å². The minimum Gasteiger partial charge on any atom is -0.465 e. The smallest absolute Gasteiger partial charge is 0.311 e. The molecular formula is C39H42N4O8S2. The average molecular weight is 759 g/mol. The van der Waals surface area contributed by atoms with E-state index in [0.29, 0.717) is 24.6 Å². The second-order valence-corrected chi connectivity index (χ2v) is 14.9. The van der Waals surface area contributed by atoms with Gasteiger partial charge in [-0.25, -0.2) is 19.8 Å². The molecule has 0 unspecified atom stereocenters. The number of amides is 4. The molecule has 0 spiro atoms. The van der Waals surface area contributed by atoms with Gasteiger partial charge in [0.25, 0.3) is 23.6 Å². The number of hydrogen-bond donors (Lipinski definition) is 0. The highest BCUT2D eigenvalue weighted by Gasteiger charge is 2.42. The molecule has 2 aliphatic heterocycles. The molecule has 0 aliphatic carbocycles. The molecule has 278 valence electrons. The molecule has 2 aromatic heterocycles.